The molecular weight excluding hydrogens is 281 g/mol. The summed E-state index contributed by atoms with van der Waals surface area (Å²) in [5.41, 5.74) is 2.09. The summed E-state index contributed by atoms with van der Waals surface area (Å²) >= 11 is 1.04. The molecule has 0 unspecified atom stereocenters. The maximum atomic E-state index is 12.6. The number of halogens is 3. The van der Waals surface area contributed by atoms with Crippen LogP contribution in [0.25, 0.3) is 0 Å². The van der Waals surface area contributed by atoms with Crippen LogP contribution in [0, 0.1) is 6.92 Å². The molecule has 0 saturated carbocycles. The van der Waals surface area contributed by atoms with Crippen LogP contribution in [-0.2, 0) is 6.18 Å². The predicted molar refractivity (Wildman–Crippen MR) is 62.4 cm³/mol. The van der Waals surface area contributed by atoms with Crippen molar-refractivity contribution in [3.05, 3.63) is 30.0 Å². The van der Waals surface area contributed by atoms with E-state index in [0.717, 1.165) is 11.8 Å². The van der Waals surface area contributed by atoms with Crippen molar-refractivity contribution < 1.29 is 17.6 Å². The minimum Gasteiger partial charge on any atom is -0.468 e. The number of hydrogen-bond donors (Lipinski definition) is 2. The molecule has 0 fully saturated rings. The Labute approximate surface area is 110 Å². The summed E-state index contributed by atoms with van der Waals surface area (Å²) in [4.78, 5) is 7.40. The fraction of sp³-hybridized carbons (Fsp3) is 0.200. The summed E-state index contributed by atoms with van der Waals surface area (Å²) in [5.74, 6) is 4.35. The second-order valence-corrected chi connectivity index (χ2v) is 4.56. The van der Waals surface area contributed by atoms with Gasteiger partial charge in [0.25, 0.3) is 0 Å². The lowest BCUT2D eigenvalue weighted by Gasteiger charge is -2.09. The van der Waals surface area contributed by atoms with Crippen LogP contribution in [-0.4, -0.2) is 9.97 Å². The maximum absolute atomic E-state index is 12.6. The molecule has 2 rings (SSSR count). The Hall–Kier alpha value is -1.74. The fourth-order valence-electron chi connectivity index (χ4n) is 1.27. The molecular formula is C10H9F3N4OS. The average Bonchev–Trinajstić information content (AvgIpc) is 2.73. The summed E-state index contributed by atoms with van der Waals surface area (Å²) in [6.45, 7) is 1.70. The number of anilines is 1. The summed E-state index contributed by atoms with van der Waals surface area (Å²) < 4.78 is 42.9. The van der Waals surface area contributed by atoms with E-state index in [0.29, 0.717) is 10.7 Å². The Morgan fingerprint density at radius 1 is 1.37 bits per heavy atom. The van der Waals surface area contributed by atoms with E-state index in [9.17, 15) is 13.2 Å². The van der Waals surface area contributed by atoms with E-state index in [1.54, 1.807) is 13.0 Å². The van der Waals surface area contributed by atoms with Crippen LogP contribution in [0.2, 0.25) is 0 Å². The van der Waals surface area contributed by atoms with Gasteiger partial charge >= 0.3 is 6.18 Å². The fourth-order valence-corrected chi connectivity index (χ4v) is 2.11. The number of hydrogen-bond acceptors (Lipinski definition) is 6. The van der Waals surface area contributed by atoms with Gasteiger partial charge in [-0.2, -0.15) is 13.2 Å². The van der Waals surface area contributed by atoms with E-state index < -0.39 is 12.0 Å². The topological polar surface area (TPSA) is 77.0 Å². The first kappa shape index (κ1) is 13.7. The predicted octanol–water partition coefficient (Wildman–Crippen LogP) is 2.83. The van der Waals surface area contributed by atoms with Crippen molar-refractivity contribution in [2.24, 2.45) is 5.84 Å². The lowest BCUT2D eigenvalue weighted by atomic mass is 10.5. The first-order chi connectivity index (χ1) is 8.90. The van der Waals surface area contributed by atoms with Gasteiger partial charge in [0.15, 0.2) is 0 Å². The number of alkyl halides is 3. The van der Waals surface area contributed by atoms with E-state index in [1.165, 1.54) is 12.3 Å². The van der Waals surface area contributed by atoms with Gasteiger partial charge in [-0.05, 0) is 13.0 Å². The van der Waals surface area contributed by atoms with Crippen LogP contribution in [0.1, 0.15) is 11.6 Å². The van der Waals surface area contributed by atoms with E-state index in [1.807, 2.05) is 0 Å². The number of rotatable bonds is 3. The summed E-state index contributed by atoms with van der Waals surface area (Å²) in [6, 6.07) is 2.97. The maximum Gasteiger partial charge on any atom is 0.451 e. The van der Waals surface area contributed by atoms with Crippen LogP contribution in [0.3, 0.4) is 0 Å². The van der Waals surface area contributed by atoms with Gasteiger partial charge in [-0.25, -0.2) is 15.8 Å². The third kappa shape index (κ3) is 3.18. The molecule has 2 aromatic rings. The minimum atomic E-state index is -4.63. The Morgan fingerprint density at radius 3 is 2.63 bits per heavy atom. The number of aromatic nitrogens is 2. The lowest BCUT2D eigenvalue weighted by Crippen LogP contribution is -2.16. The number of hydrazine groups is 1. The second-order valence-electron chi connectivity index (χ2n) is 3.50. The molecule has 3 N–H and O–H groups in total. The van der Waals surface area contributed by atoms with Gasteiger partial charge in [0.1, 0.15) is 16.6 Å². The van der Waals surface area contributed by atoms with E-state index in [2.05, 4.69) is 15.4 Å². The number of furan rings is 1. The van der Waals surface area contributed by atoms with Gasteiger partial charge in [0.05, 0.1) is 11.2 Å². The monoisotopic (exact) mass is 290 g/mol. The van der Waals surface area contributed by atoms with Crippen molar-refractivity contribution in [1.82, 2.24) is 9.97 Å². The van der Waals surface area contributed by atoms with Crippen molar-refractivity contribution in [3.63, 3.8) is 0 Å². The number of nitrogens with two attached hydrogens (primary N) is 1. The van der Waals surface area contributed by atoms with Gasteiger partial charge < -0.3 is 9.84 Å². The molecule has 2 heterocycles. The Morgan fingerprint density at radius 2 is 2.11 bits per heavy atom. The van der Waals surface area contributed by atoms with E-state index in [-0.39, 0.29) is 10.8 Å². The third-order valence-corrected chi connectivity index (χ3v) is 3.19. The Kier molecular flexibility index (Phi) is 3.67. The van der Waals surface area contributed by atoms with Gasteiger partial charge in [-0.15, -0.1) is 0 Å². The second kappa shape index (κ2) is 5.10. The highest BCUT2D eigenvalue weighted by molar-refractivity contribution is 7.99. The van der Waals surface area contributed by atoms with Gasteiger partial charge in [0, 0.05) is 6.07 Å². The normalized spacial score (nSPS) is 11.6. The smallest absolute Gasteiger partial charge is 0.451 e. The van der Waals surface area contributed by atoms with Gasteiger partial charge in [0.2, 0.25) is 5.82 Å². The average molecular weight is 290 g/mol. The minimum absolute atomic E-state index is 0.106. The third-order valence-electron chi connectivity index (χ3n) is 2.13. The molecule has 2 aromatic heterocycles. The van der Waals surface area contributed by atoms with Crippen LogP contribution in [0.5, 0.6) is 0 Å². The van der Waals surface area contributed by atoms with Crippen molar-refractivity contribution in [3.8, 4) is 0 Å². The molecule has 19 heavy (non-hydrogen) atoms. The quantitative estimate of drug-likeness (QED) is 0.514. The lowest BCUT2D eigenvalue weighted by molar-refractivity contribution is -0.145. The molecule has 0 aliphatic carbocycles. The SMILES string of the molecule is Cc1occc1Sc1cc(NN)nc(C(F)(F)F)n1. The van der Waals surface area contributed by atoms with E-state index >= 15 is 0 Å². The first-order valence-corrected chi connectivity index (χ1v) is 5.86. The zero-order chi connectivity index (χ0) is 14.0. The molecule has 102 valence electrons. The zero-order valence-corrected chi connectivity index (χ0v) is 10.5. The number of nitrogens with one attached hydrogen (secondary N) is 1. The molecule has 0 aliphatic heterocycles. The molecule has 0 bridgehead atoms. The molecule has 0 radical (unpaired) electrons. The van der Waals surface area contributed by atoms with Crippen LogP contribution < -0.4 is 11.3 Å². The highest BCUT2D eigenvalue weighted by Gasteiger charge is 2.35. The van der Waals surface area contributed by atoms with Crippen LogP contribution in [0.15, 0.2) is 32.7 Å². The molecule has 0 spiro atoms. The number of nitrogens with zero attached hydrogens (tertiary/aromatic N) is 2. The van der Waals surface area contributed by atoms with Crippen molar-refractivity contribution in [2.45, 2.75) is 23.0 Å². The number of aryl methyl sites for hydroxylation is 1. The van der Waals surface area contributed by atoms with Crippen LogP contribution in [0.4, 0.5) is 19.0 Å². The largest absolute Gasteiger partial charge is 0.468 e. The van der Waals surface area contributed by atoms with Gasteiger partial charge in [-0.1, -0.05) is 11.8 Å². The summed E-state index contributed by atoms with van der Waals surface area (Å²) in [6.07, 6.45) is -3.18. The molecule has 0 saturated heterocycles. The Bertz CT molecular complexity index is 584. The van der Waals surface area contributed by atoms with Gasteiger partial charge in [-0.3, -0.25) is 0 Å². The number of nitrogen functional groups attached to an aromatic ring is 1. The first-order valence-electron chi connectivity index (χ1n) is 5.05. The highest BCUT2D eigenvalue weighted by Crippen LogP contribution is 2.33. The van der Waals surface area contributed by atoms with Crippen LogP contribution >= 0.6 is 11.8 Å². The zero-order valence-electron chi connectivity index (χ0n) is 9.65. The summed E-state index contributed by atoms with van der Waals surface area (Å²) in [7, 11) is 0. The highest BCUT2D eigenvalue weighted by atomic mass is 32.2. The van der Waals surface area contributed by atoms with E-state index in [4.69, 9.17) is 10.3 Å². The standard InChI is InChI=1S/C10H9F3N4OS/c1-5-6(2-3-18-5)19-8-4-7(17-14)15-9(16-8)10(11,12)13/h2-4H,14H2,1H3,(H,15,16,17). The molecule has 0 aromatic carbocycles. The van der Waals surface area contributed by atoms with Crippen molar-refractivity contribution in [1.29, 1.82) is 0 Å². The molecule has 0 amide bonds. The molecule has 0 atom stereocenters. The van der Waals surface area contributed by atoms with Crippen molar-refractivity contribution in [2.75, 3.05) is 5.43 Å². The summed E-state index contributed by atoms with van der Waals surface area (Å²) in [5, 5.41) is 0.125. The van der Waals surface area contributed by atoms with Crippen molar-refractivity contribution >= 4 is 17.6 Å². The molecule has 9 heteroatoms. The molecule has 0 aliphatic rings. The molecule has 5 nitrogen and oxygen atoms in total. The Balaban J connectivity index is 2.37.